The third-order valence-corrected chi connectivity index (χ3v) is 3.33. The number of rotatable bonds is 2. The zero-order chi connectivity index (χ0) is 13.9. The fourth-order valence-corrected chi connectivity index (χ4v) is 2.31. The molecule has 0 unspecified atom stereocenters. The molecule has 1 aromatic carbocycles. The number of allylic oxidation sites excluding steroid dienone is 1. The minimum absolute atomic E-state index is 0. The largest absolute Gasteiger partial charge is 0.322 e. The molecular formula is C17H15ClN2O. The lowest BCUT2D eigenvalue weighted by Gasteiger charge is -2.00. The zero-order valence-corrected chi connectivity index (χ0v) is 12.4. The molecule has 1 aliphatic rings. The molecule has 0 atom stereocenters. The predicted octanol–water partition coefficient (Wildman–Crippen LogP) is 3.45. The first kappa shape index (κ1) is 15.0. The highest BCUT2D eigenvalue weighted by atomic mass is 35.5. The van der Waals surface area contributed by atoms with Crippen molar-refractivity contribution in [3.8, 4) is 0 Å². The quantitative estimate of drug-likeness (QED) is 0.922. The second-order valence-electron chi connectivity index (χ2n) is 4.66. The summed E-state index contributed by atoms with van der Waals surface area (Å²) >= 11 is 0. The third kappa shape index (κ3) is 3.03. The van der Waals surface area contributed by atoms with Gasteiger partial charge in [0.05, 0.1) is 5.57 Å². The van der Waals surface area contributed by atoms with Crippen LogP contribution in [0.3, 0.4) is 0 Å². The number of halogens is 1. The minimum Gasteiger partial charge on any atom is -0.322 e. The van der Waals surface area contributed by atoms with Crippen LogP contribution in [-0.2, 0) is 4.79 Å². The Morgan fingerprint density at radius 1 is 1.05 bits per heavy atom. The molecule has 0 aliphatic carbocycles. The number of carbonyl (C=O) groups is 1. The van der Waals surface area contributed by atoms with Gasteiger partial charge in [-0.3, -0.25) is 9.78 Å². The van der Waals surface area contributed by atoms with Gasteiger partial charge in [0.2, 0.25) is 0 Å². The summed E-state index contributed by atoms with van der Waals surface area (Å²) in [7, 11) is 0. The number of hydrogen-bond donors (Lipinski definition) is 1. The Morgan fingerprint density at radius 3 is 2.38 bits per heavy atom. The maximum atomic E-state index is 12.2. The van der Waals surface area contributed by atoms with Gasteiger partial charge in [-0.25, -0.2) is 0 Å². The van der Waals surface area contributed by atoms with E-state index in [2.05, 4.69) is 10.3 Å². The maximum Gasteiger partial charge on any atom is 0.256 e. The van der Waals surface area contributed by atoms with Crippen LogP contribution >= 0.6 is 12.4 Å². The number of carbonyl (C=O) groups excluding carboxylic acids is 1. The average molecular weight is 299 g/mol. The molecule has 2 heterocycles. The summed E-state index contributed by atoms with van der Waals surface area (Å²) < 4.78 is 0. The van der Waals surface area contributed by atoms with Gasteiger partial charge in [0.15, 0.2) is 0 Å². The number of hydrogen-bond acceptors (Lipinski definition) is 2. The lowest BCUT2D eigenvalue weighted by atomic mass is 10.0. The van der Waals surface area contributed by atoms with Crippen LogP contribution in [0.1, 0.15) is 18.1 Å². The number of aromatic nitrogens is 1. The summed E-state index contributed by atoms with van der Waals surface area (Å²) in [5.74, 6) is -0.0472. The molecule has 1 aromatic heterocycles. The van der Waals surface area contributed by atoms with Crippen LogP contribution in [0.5, 0.6) is 0 Å². The van der Waals surface area contributed by atoms with Crippen LogP contribution < -0.4 is 5.32 Å². The summed E-state index contributed by atoms with van der Waals surface area (Å²) in [6.07, 6.45) is 5.44. The van der Waals surface area contributed by atoms with E-state index in [1.54, 1.807) is 12.4 Å². The van der Waals surface area contributed by atoms with Crippen molar-refractivity contribution in [1.82, 2.24) is 10.3 Å². The van der Waals surface area contributed by atoms with Gasteiger partial charge in [-0.1, -0.05) is 30.3 Å². The Balaban J connectivity index is 0.00000161. The van der Waals surface area contributed by atoms with Crippen LogP contribution in [0.25, 0.3) is 11.6 Å². The molecular weight excluding hydrogens is 284 g/mol. The van der Waals surface area contributed by atoms with Gasteiger partial charge in [0.25, 0.3) is 5.91 Å². The van der Waals surface area contributed by atoms with Crippen LogP contribution in [0.15, 0.2) is 66.1 Å². The van der Waals surface area contributed by atoms with Crippen molar-refractivity contribution < 1.29 is 4.79 Å². The molecule has 2 aromatic rings. The van der Waals surface area contributed by atoms with E-state index in [1.165, 1.54) is 0 Å². The van der Waals surface area contributed by atoms with Crippen LogP contribution in [0.4, 0.5) is 0 Å². The highest BCUT2D eigenvalue weighted by Gasteiger charge is 2.24. The van der Waals surface area contributed by atoms with E-state index >= 15 is 0 Å². The van der Waals surface area contributed by atoms with Gasteiger partial charge in [-0.05, 0) is 41.8 Å². The maximum absolute atomic E-state index is 12.2. The van der Waals surface area contributed by atoms with Crippen molar-refractivity contribution in [2.45, 2.75) is 6.92 Å². The van der Waals surface area contributed by atoms with Crippen LogP contribution in [-0.4, -0.2) is 10.9 Å². The molecule has 21 heavy (non-hydrogen) atoms. The summed E-state index contributed by atoms with van der Waals surface area (Å²) in [5, 5.41) is 2.93. The number of nitrogens with one attached hydrogen (secondary N) is 1. The van der Waals surface area contributed by atoms with E-state index < -0.39 is 0 Å². The molecule has 3 rings (SSSR count). The van der Waals surface area contributed by atoms with E-state index in [0.29, 0.717) is 0 Å². The van der Waals surface area contributed by atoms with Gasteiger partial charge in [-0.15, -0.1) is 12.4 Å². The summed E-state index contributed by atoms with van der Waals surface area (Å²) in [4.78, 5) is 16.2. The molecule has 1 N–H and O–H groups in total. The van der Waals surface area contributed by atoms with Crippen molar-refractivity contribution in [2.75, 3.05) is 0 Å². The van der Waals surface area contributed by atoms with E-state index in [1.807, 2.05) is 55.5 Å². The summed E-state index contributed by atoms with van der Waals surface area (Å²) in [6, 6.07) is 13.5. The molecule has 0 saturated heterocycles. The first-order chi connectivity index (χ1) is 9.75. The van der Waals surface area contributed by atoms with Crippen LogP contribution in [0, 0.1) is 0 Å². The standard InChI is InChI=1S/C17H14N2O.ClH/c1-12-15(11-13-7-9-18-10-8-13)19-17(20)16(12)14-5-3-2-4-6-14;/h2-11H,1H3,(H,19,20);1H/b15-11-;. The van der Waals surface area contributed by atoms with Crippen molar-refractivity contribution in [1.29, 1.82) is 0 Å². The number of nitrogens with zero attached hydrogens (tertiary/aromatic N) is 1. The van der Waals surface area contributed by atoms with E-state index in [0.717, 1.165) is 28.0 Å². The number of pyridine rings is 1. The fraction of sp³-hybridized carbons (Fsp3) is 0.0588. The summed E-state index contributed by atoms with van der Waals surface area (Å²) in [6.45, 7) is 1.97. The van der Waals surface area contributed by atoms with Gasteiger partial charge < -0.3 is 5.32 Å². The van der Waals surface area contributed by atoms with Gasteiger partial charge in [0.1, 0.15) is 0 Å². The van der Waals surface area contributed by atoms with Gasteiger partial charge >= 0.3 is 0 Å². The zero-order valence-electron chi connectivity index (χ0n) is 11.5. The SMILES string of the molecule is CC1=C(c2ccccc2)C(=O)N/C1=C\c1ccncc1.Cl. The third-order valence-electron chi connectivity index (χ3n) is 3.33. The fourth-order valence-electron chi connectivity index (χ4n) is 2.31. The van der Waals surface area contributed by atoms with E-state index in [4.69, 9.17) is 0 Å². The molecule has 1 aliphatic heterocycles. The Kier molecular flexibility index (Phi) is 4.55. The first-order valence-corrected chi connectivity index (χ1v) is 6.45. The minimum atomic E-state index is -0.0472. The Bertz CT molecular complexity index is 706. The molecule has 0 spiro atoms. The second kappa shape index (κ2) is 6.37. The summed E-state index contributed by atoms with van der Waals surface area (Å²) in [5.41, 5.74) is 4.52. The Labute approximate surface area is 129 Å². The monoisotopic (exact) mass is 298 g/mol. The van der Waals surface area contributed by atoms with Crippen molar-refractivity contribution in [3.63, 3.8) is 0 Å². The van der Waals surface area contributed by atoms with E-state index in [9.17, 15) is 4.79 Å². The highest BCUT2D eigenvalue weighted by Crippen LogP contribution is 2.29. The second-order valence-corrected chi connectivity index (χ2v) is 4.66. The Hall–Kier alpha value is -2.39. The topological polar surface area (TPSA) is 42.0 Å². The number of amides is 1. The Morgan fingerprint density at radius 2 is 1.71 bits per heavy atom. The van der Waals surface area contributed by atoms with Crippen molar-refractivity contribution >= 4 is 30.0 Å². The van der Waals surface area contributed by atoms with Gasteiger partial charge in [0, 0.05) is 18.1 Å². The molecule has 0 fully saturated rings. The average Bonchev–Trinajstić information content (AvgIpc) is 2.75. The normalized spacial score (nSPS) is 15.9. The van der Waals surface area contributed by atoms with Crippen molar-refractivity contribution in [3.05, 3.63) is 77.3 Å². The van der Waals surface area contributed by atoms with Gasteiger partial charge in [-0.2, -0.15) is 0 Å². The first-order valence-electron chi connectivity index (χ1n) is 6.45. The molecule has 106 valence electrons. The molecule has 1 amide bonds. The molecule has 0 saturated carbocycles. The lowest BCUT2D eigenvalue weighted by Crippen LogP contribution is -2.15. The van der Waals surface area contributed by atoms with E-state index in [-0.39, 0.29) is 18.3 Å². The highest BCUT2D eigenvalue weighted by molar-refractivity contribution is 6.25. The molecule has 0 radical (unpaired) electrons. The van der Waals surface area contributed by atoms with Crippen molar-refractivity contribution in [2.24, 2.45) is 0 Å². The number of benzene rings is 1. The lowest BCUT2D eigenvalue weighted by molar-refractivity contribution is -0.114. The molecule has 4 heteroatoms. The predicted molar refractivity (Wildman–Crippen MR) is 86.6 cm³/mol. The molecule has 0 bridgehead atoms. The molecule has 3 nitrogen and oxygen atoms in total. The smallest absolute Gasteiger partial charge is 0.256 e. The van der Waals surface area contributed by atoms with Crippen LogP contribution in [0.2, 0.25) is 0 Å².